The summed E-state index contributed by atoms with van der Waals surface area (Å²) < 4.78 is 50.6. The summed E-state index contributed by atoms with van der Waals surface area (Å²) >= 11 is 0. The zero-order valence-electron chi connectivity index (χ0n) is 5.46. The third-order valence-electron chi connectivity index (χ3n) is 0.462. The lowest BCUT2D eigenvalue weighted by Crippen LogP contribution is -2.14. The molecule has 0 rings (SSSR count). The molecule has 0 aromatic rings. The highest BCUT2D eigenvalue weighted by molar-refractivity contribution is 8.63. The molecule has 5 N–H and O–H groups in total. The Hall–Kier alpha value is -0.260. The van der Waals surface area contributed by atoms with Gasteiger partial charge in [-0.05, 0) is 0 Å². The van der Waals surface area contributed by atoms with Gasteiger partial charge in [-0.3, -0.25) is 20.4 Å². The first-order valence-electron chi connectivity index (χ1n) is 1.92. The van der Waals surface area contributed by atoms with Gasteiger partial charge in [0, 0.05) is 0 Å². The molecule has 0 aromatic carbocycles. The maximum atomic E-state index is 9.96. The Balaban J connectivity index is 0. The summed E-state index contributed by atoms with van der Waals surface area (Å²) in [6, 6.07) is 0. The van der Waals surface area contributed by atoms with Crippen molar-refractivity contribution in [2.75, 3.05) is 7.11 Å². The Kier molecular flexibility index (Phi) is 5.56. The average molecular weight is 208 g/mol. The van der Waals surface area contributed by atoms with Crippen LogP contribution in [0.4, 0.5) is 0 Å². The van der Waals surface area contributed by atoms with Crippen molar-refractivity contribution >= 4 is 18.3 Å². The minimum absolute atomic E-state index is 0.628. The monoisotopic (exact) mass is 208 g/mol. The summed E-state index contributed by atoms with van der Waals surface area (Å²) in [4.78, 5) is 0. The van der Waals surface area contributed by atoms with Crippen LogP contribution >= 0.6 is 0 Å². The van der Waals surface area contributed by atoms with Crippen LogP contribution in [0.1, 0.15) is 0 Å². The van der Waals surface area contributed by atoms with Crippen molar-refractivity contribution in [3.05, 3.63) is 0 Å². The van der Waals surface area contributed by atoms with Crippen LogP contribution in [0.25, 0.3) is 0 Å². The van der Waals surface area contributed by atoms with Crippen LogP contribution in [0.3, 0.4) is 0 Å². The fraction of sp³-hybridized carbons (Fsp3) is 1.00. The van der Waals surface area contributed by atoms with E-state index >= 15 is 0 Å². The summed E-state index contributed by atoms with van der Waals surface area (Å²) in [5, 5.41) is 0. The molecule has 0 saturated carbocycles. The van der Waals surface area contributed by atoms with E-state index in [0.29, 0.717) is 7.11 Å². The third kappa shape index (κ3) is 4.23. The van der Waals surface area contributed by atoms with E-state index < -0.39 is 18.3 Å². The molecule has 8 nitrogen and oxygen atoms in total. The van der Waals surface area contributed by atoms with Crippen molar-refractivity contribution in [1.82, 2.24) is 0 Å². The van der Waals surface area contributed by atoms with Crippen LogP contribution < -0.4 is 11.7 Å². The van der Waals surface area contributed by atoms with Crippen molar-refractivity contribution in [2.45, 2.75) is 0 Å². The quantitative estimate of drug-likeness (QED) is 0.196. The lowest BCUT2D eigenvalue weighted by Gasteiger charge is -1.92. The van der Waals surface area contributed by atoms with E-state index in [1.807, 2.05) is 0 Å². The maximum absolute atomic E-state index is 9.96. The number of rotatable bonds is 2. The first-order chi connectivity index (χ1) is 4.81. The molecular formula is CH8N2O6S2. The van der Waals surface area contributed by atoms with E-state index in [2.05, 4.69) is 15.9 Å². The Morgan fingerprint density at radius 1 is 1.18 bits per heavy atom. The van der Waals surface area contributed by atoms with E-state index in [1.54, 1.807) is 0 Å². The summed E-state index contributed by atoms with van der Waals surface area (Å²) in [5.41, 5.74) is 0. The SMILES string of the molecule is COS(=O)(=O)S(=O)(=O)O.NN. The Morgan fingerprint density at radius 3 is 1.45 bits per heavy atom. The molecule has 0 aliphatic rings. The van der Waals surface area contributed by atoms with Gasteiger partial charge in [-0.2, -0.15) is 16.8 Å². The predicted molar refractivity (Wildman–Crippen MR) is 35.9 cm³/mol. The molecule has 0 amide bonds. The second kappa shape index (κ2) is 4.58. The van der Waals surface area contributed by atoms with Crippen LogP contribution in [-0.4, -0.2) is 28.5 Å². The van der Waals surface area contributed by atoms with Crippen LogP contribution in [0.5, 0.6) is 0 Å². The molecule has 0 aliphatic carbocycles. The van der Waals surface area contributed by atoms with Gasteiger partial charge in [0.1, 0.15) is 0 Å². The third-order valence-corrected chi connectivity index (χ3v) is 3.34. The number of hydrogen-bond donors (Lipinski definition) is 3. The Labute approximate surface area is 63.4 Å². The van der Waals surface area contributed by atoms with Crippen molar-refractivity contribution < 1.29 is 25.6 Å². The number of hydrogen-bond acceptors (Lipinski definition) is 7. The minimum Gasteiger partial charge on any atom is -0.274 e. The van der Waals surface area contributed by atoms with Crippen molar-refractivity contribution in [3.8, 4) is 0 Å². The van der Waals surface area contributed by atoms with Gasteiger partial charge in [0.05, 0.1) is 7.11 Å². The van der Waals surface area contributed by atoms with Gasteiger partial charge in [0.25, 0.3) is 0 Å². The fourth-order valence-electron chi connectivity index (χ4n) is 0.0860. The molecule has 0 atom stereocenters. The minimum atomic E-state index is -5.10. The van der Waals surface area contributed by atoms with E-state index in [4.69, 9.17) is 4.55 Å². The molecule has 0 bridgehead atoms. The smallest absolute Gasteiger partial charge is 0.274 e. The van der Waals surface area contributed by atoms with Gasteiger partial charge < -0.3 is 0 Å². The van der Waals surface area contributed by atoms with Crippen LogP contribution in [0, 0.1) is 0 Å². The topological polar surface area (TPSA) is 150 Å². The zero-order valence-corrected chi connectivity index (χ0v) is 7.09. The molecule has 11 heavy (non-hydrogen) atoms. The van der Waals surface area contributed by atoms with E-state index in [9.17, 15) is 16.8 Å². The molecule has 10 heteroatoms. The fourth-order valence-corrected chi connectivity index (χ4v) is 0.774. The normalized spacial score (nSPS) is 11.6. The average Bonchev–Trinajstić information content (AvgIpc) is 1.90. The van der Waals surface area contributed by atoms with E-state index in [-0.39, 0.29) is 0 Å². The van der Waals surface area contributed by atoms with Crippen LogP contribution in [0.2, 0.25) is 0 Å². The van der Waals surface area contributed by atoms with Gasteiger partial charge in [-0.1, -0.05) is 0 Å². The first-order valence-corrected chi connectivity index (χ1v) is 5.29. The molecule has 0 radical (unpaired) electrons. The highest BCUT2D eigenvalue weighted by Gasteiger charge is 2.26. The molecule has 0 spiro atoms. The molecule has 70 valence electrons. The van der Waals surface area contributed by atoms with Crippen LogP contribution in [-0.2, 0) is 22.5 Å². The van der Waals surface area contributed by atoms with Crippen molar-refractivity contribution in [3.63, 3.8) is 0 Å². The summed E-state index contributed by atoms with van der Waals surface area (Å²) in [6.45, 7) is 0. The highest BCUT2D eigenvalue weighted by Crippen LogP contribution is 1.98. The van der Waals surface area contributed by atoms with Gasteiger partial charge in [0.15, 0.2) is 0 Å². The molecule has 0 heterocycles. The lowest BCUT2D eigenvalue weighted by atomic mass is 11.8. The first kappa shape index (κ1) is 13.3. The van der Waals surface area contributed by atoms with Gasteiger partial charge in [-0.25, -0.2) is 0 Å². The van der Waals surface area contributed by atoms with Crippen molar-refractivity contribution in [1.29, 1.82) is 0 Å². The summed E-state index contributed by atoms with van der Waals surface area (Å²) in [7, 11) is -9.28. The Morgan fingerprint density at radius 2 is 1.45 bits per heavy atom. The van der Waals surface area contributed by atoms with Gasteiger partial charge in [-0.15, -0.1) is 0 Å². The molecule has 0 aromatic heterocycles. The summed E-state index contributed by atoms with van der Waals surface area (Å²) in [5.74, 6) is 8.00. The number of hydrazine groups is 1. The standard InChI is InChI=1S/CH4O6S2.H4N2/c1-7-9(5,6)8(2,3)4;1-2/h1H3,(H,2,3,4);1-2H2. The van der Waals surface area contributed by atoms with Gasteiger partial charge in [0.2, 0.25) is 0 Å². The van der Waals surface area contributed by atoms with Gasteiger partial charge >= 0.3 is 18.3 Å². The van der Waals surface area contributed by atoms with Crippen molar-refractivity contribution in [2.24, 2.45) is 11.7 Å². The lowest BCUT2D eigenvalue weighted by molar-refractivity contribution is 0.399. The highest BCUT2D eigenvalue weighted by atomic mass is 33.2. The molecular weight excluding hydrogens is 200 g/mol. The molecule has 0 aliphatic heterocycles. The largest absolute Gasteiger partial charge is 0.399 e. The molecule has 0 unspecified atom stereocenters. The molecule has 0 saturated heterocycles. The number of nitrogens with two attached hydrogens (primary N) is 2. The van der Waals surface area contributed by atoms with E-state index in [0.717, 1.165) is 0 Å². The maximum Gasteiger partial charge on any atom is 0.399 e. The second-order valence-electron chi connectivity index (χ2n) is 1.00. The predicted octanol–water partition coefficient (Wildman–Crippen LogP) is -2.42. The zero-order chi connectivity index (χ0) is 9.71. The summed E-state index contributed by atoms with van der Waals surface area (Å²) in [6.07, 6.45) is 0. The Bertz CT molecular complexity index is 274. The second-order valence-corrected chi connectivity index (χ2v) is 5.50. The molecule has 0 fully saturated rings. The van der Waals surface area contributed by atoms with Crippen LogP contribution in [0.15, 0.2) is 0 Å². The van der Waals surface area contributed by atoms with E-state index in [1.165, 1.54) is 0 Å².